The average Bonchev–Trinajstić information content (AvgIpc) is 3.02. The lowest BCUT2D eigenvalue weighted by molar-refractivity contribution is 0.370. The molecule has 1 fully saturated rings. The van der Waals surface area contributed by atoms with Gasteiger partial charge in [-0.25, -0.2) is 0 Å². The molecule has 0 aliphatic heterocycles. The summed E-state index contributed by atoms with van der Waals surface area (Å²) in [4.78, 5) is 0. The first kappa shape index (κ1) is 11.7. The van der Waals surface area contributed by atoms with Crippen LogP contribution in [0.5, 0.6) is 11.5 Å². The van der Waals surface area contributed by atoms with Crippen molar-refractivity contribution in [2.45, 2.75) is 31.2 Å². The number of phenols is 1. The van der Waals surface area contributed by atoms with E-state index in [-0.39, 0.29) is 17.2 Å². The molecule has 0 heterocycles. The smallest absolute Gasteiger partial charge is 0.172 e. The van der Waals surface area contributed by atoms with E-state index in [9.17, 15) is 5.11 Å². The zero-order valence-electron chi connectivity index (χ0n) is 9.46. The number of phenolic OH excluding ortho intramolecular Hbond substituents is 1. The summed E-state index contributed by atoms with van der Waals surface area (Å²) in [7, 11) is 1.55. The van der Waals surface area contributed by atoms with Gasteiger partial charge in [0.05, 0.1) is 11.6 Å². The maximum absolute atomic E-state index is 9.74. The summed E-state index contributed by atoms with van der Waals surface area (Å²) < 4.78 is 5.81. The van der Waals surface area contributed by atoms with E-state index in [2.05, 4.69) is 15.9 Å². The topological polar surface area (TPSA) is 55.5 Å². The predicted octanol–water partition coefficient (Wildman–Crippen LogP) is 2.54. The molecule has 1 unspecified atom stereocenters. The average molecular weight is 286 g/mol. The molecule has 4 heteroatoms. The summed E-state index contributed by atoms with van der Waals surface area (Å²) >= 11 is 3.34. The highest BCUT2D eigenvalue weighted by Gasteiger charge is 2.47. The van der Waals surface area contributed by atoms with E-state index in [4.69, 9.17) is 10.5 Å². The number of ether oxygens (including phenoxy) is 1. The second kappa shape index (κ2) is 3.93. The van der Waals surface area contributed by atoms with Crippen molar-refractivity contribution in [2.75, 3.05) is 7.11 Å². The second-order valence-corrected chi connectivity index (χ2v) is 5.31. The molecule has 2 rings (SSSR count). The highest BCUT2D eigenvalue weighted by Crippen LogP contribution is 2.52. The molecule has 1 aromatic rings. The van der Waals surface area contributed by atoms with Gasteiger partial charge in [-0.05, 0) is 53.4 Å². The van der Waals surface area contributed by atoms with E-state index in [1.54, 1.807) is 7.11 Å². The summed E-state index contributed by atoms with van der Waals surface area (Å²) in [6, 6.07) is 3.94. The third kappa shape index (κ3) is 1.70. The highest BCUT2D eigenvalue weighted by molar-refractivity contribution is 9.10. The van der Waals surface area contributed by atoms with E-state index in [1.807, 2.05) is 19.1 Å². The molecule has 3 N–H and O–H groups in total. The fourth-order valence-electron chi connectivity index (χ4n) is 2.16. The fourth-order valence-corrected chi connectivity index (χ4v) is 2.60. The summed E-state index contributed by atoms with van der Waals surface area (Å²) in [5.74, 6) is 0.642. The lowest BCUT2D eigenvalue weighted by atomic mass is 9.89. The molecule has 16 heavy (non-hydrogen) atoms. The van der Waals surface area contributed by atoms with Gasteiger partial charge in [-0.15, -0.1) is 0 Å². The van der Waals surface area contributed by atoms with Crippen LogP contribution < -0.4 is 10.5 Å². The van der Waals surface area contributed by atoms with Gasteiger partial charge in [0.25, 0.3) is 0 Å². The predicted molar refractivity (Wildman–Crippen MR) is 66.9 cm³/mol. The molecule has 0 radical (unpaired) electrons. The monoisotopic (exact) mass is 285 g/mol. The maximum atomic E-state index is 9.74. The van der Waals surface area contributed by atoms with Crippen LogP contribution in [-0.2, 0) is 5.41 Å². The Labute approximate surface area is 104 Å². The van der Waals surface area contributed by atoms with Crippen molar-refractivity contribution in [3.8, 4) is 11.5 Å². The molecule has 3 nitrogen and oxygen atoms in total. The van der Waals surface area contributed by atoms with Gasteiger partial charge in [0.15, 0.2) is 11.5 Å². The number of rotatable bonds is 3. The molecule has 1 saturated carbocycles. The van der Waals surface area contributed by atoms with Crippen LogP contribution in [0.3, 0.4) is 0 Å². The minimum atomic E-state index is 0.0729. The molecule has 0 aromatic heterocycles. The number of methoxy groups -OCH3 is 1. The van der Waals surface area contributed by atoms with E-state index in [1.165, 1.54) is 0 Å². The van der Waals surface area contributed by atoms with Gasteiger partial charge in [-0.1, -0.05) is 0 Å². The van der Waals surface area contributed by atoms with Crippen molar-refractivity contribution < 1.29 is 9.84 Å². The van der Waals surface area contributed by atoms with E-state index < -0.39 is 0 Å². The third-order valence-electron chi connectivity index (χ3n) is 3.48. The molecule has 1 aliphatic carbocycles. The minimum absolute atomic E-state index is 0.0729. The maximum Gasteiger partial charge on any atom is 0.172 e. The van der Waals surface area contributed by atoms with E-state index >= 15 is 0 Å². The standard InChI is InChI=1S/C12H16BrNO2/c1-7(14)12(3-4-12)8-5-9(13)11(15)10(6-8)16-2/h5-7,15H,3-4,14H2,1-2H3. The molecule has 88 valence electrons. The van der Waals surface area contributed by atoms with E-state index in [0.29, 0.717) is 10.2 Å². The summed E-state index contributed by atoms with van der Waals surface area (Å²) in [5, 5.41) is 9.74. The van der Waals surface area contributed by atoms with Gasteiger partial charge < -0.3 is 15.6 Å². The van der Waals surface area contributed by atoms with Gasteiger partial charge in [-0.2, -0.15) is 0 Å². The molecular weight excluding hydrogens is 270 g/mol. The highest BCUT2D eigenvalue weighted by atomic mass is 79.9. The summed E-state index contributed by atoms with van der Waals surface area (Å²) in [6.07, 6.45) is 2.20. The normalized spacial score (nSPS) is 19.2. The van der Waals surface area contributed by atoms with Crippen molar-refractivity contribution >= 4 is 15.9 Å². The van der Waals surface area contributed by atoms with Gasteiger partial charge in [0.1, 0.15) is 0 Å². The van der Waals surface area contributed by atoms with Crippen LogP contribution in [0.2, 0.25) is 0 Å². The quantitative estimate of drug-likeness (QED) is 0.897. The Balaban J connectivity index is 2.47. The number of benzene rings is 1. The van der Waals surface area contributed by atoms with Crippen LogP contribution in [0.1, 0.15) is 25.3 Å². The zero-order valence-corrected chi connectivity index (χ0v) is 11.0. The molecule has 1 atom stereocenters. The molecule has 0 amide bonds. The van der Waals surface area contributed by atoms with Crippen molar-refractivity contribution in [1.82, 2.24) is 0 Å². The van der Waals surface area contributed by atoms with Crippen molar-refractivity contribution in [2.24, 2.45) is 5.73 Å². The first-order chi connectivity index (χ1) is 7.51. The van der Waals surface area contributed by atoms with Crippen LogP contribution in [-0.4, -0.2) is 18.3 Å². The number of halogens is 1. The van der Waals surface area contributed by atoms with Crippen molar-refractivity contribution in [3.05, 3.63) is 22.2 Å². The Morgan fingerprint density at radius 2 is 2.12 bits per heavy atom. The Hall–Kier alpha value is -0.740. The van der Waals surface area contributed by atoms with Crippen LogP contribution in [0.25, 0.3) is 0 Å². The summed E-state index contributed by atoms with van der Waals surface area (Å²) in [6.45, 7) is 2.03. The van der Waals surface area contributed by atoms with Gasteiger partial charge in [0.2, 0.25) is 0 Å². The van der Waals surface area contributed by atoms with Gasteiger partial charge in [0, 0.05) is 11.5 Å². The molecule has 1 aromatic carbocycles. The first-order valence-electron chi connectivity index (χ1n) is 5.34. The summed E-state index contributed by atoms with van der Waals surface area (Å²) in [5.41, 5.74) is 7.24. The number of nitrogens with two attached hydrogens (primary N) is 1. The second-order valence-electron chi connectivity index (χ2n) is 4.45. The molecule has 0 spiro atoms. The molecule has 0 saturated heterocycles. The SMILES string of the molecule is COc1cc(C2(C(C)N)CC2)cc(Br)c1O. The van der Waals surface area contributed by atoms with Crippen LogP contribution >= 0.6 is 15.9 Å². The largest absolute Gasteiger partial charge is 0.503 e. The Morgan fingerprint density at radius 1 is 1.50 bits per heavy atom. The van der Waals surface area contributed by atoms with E-state index in [0.717, 1.165) is 18.4 Å². The third-order valence-corrected chi connectivity index (χ3v) is 4.09. The Bertz CT molecular complexity index is 414. The van der Waals surface area contributed by atoms with Gasteiger partial charge in [-0.3, -0.25) is 0 Å². The molecule has 0 bridgehead atoms. The van der Waals surface area contributed by atoms with Crippen LogP contribution in [0.15, 0.2) is 16.6 Å². The van der Waals surface area contributed by atoms with Gasteiger partial charge >= 0.3 is 0 Å². The van der Waals surface area contributed by atoms with Crippen LogP contribution in [0, 0.1) is 0 Å². The number of hydrogen-bond acceptors (Lipinski definition) is 3. The Kier molecular flexibility index (Phi) is 2.88. The lowest BCUT2D eigenvalue weighted by Crippen LogP contribution is -2.31. The zero-order chi connectivity index (χ0) is 11.9. The first-order valence-corrected chi connectivity index (χ1v) is 6.13. The Morgan fingerprint density at radius 3 is 2.56 bits per heavy atom. The minimum Gasteiger partial charge on any atom is -0.503 e. The van der Waals surface area contributed by atoms with Crippen LogP contribution in [0.4, 0.5) is 0 Å². The molecular formula is C12H16BrNO2. The number of aromatic hydroxyl groups is 1. The molecule has 1 aliphatic rings. The van der Waals surface area contributed by atoms with Crippen molar-refractivity contribution in [3.63, 3.8) is 0 Å². The number of hydrogen-bond donors (Lipinski definition) is 2. The fraction of sp³-hybridized carbons (Fsp3) is 0.500. The van der Waals surface area contributed by atoms with Crippen molar-refractivity contribution in [1.29, 1.82) is 0 Å². The lowest BCUT2D eigenvalue weighted by Gasteiger charge is -2.21.